The lowest BCUT2D eigenvalue weighted by atomic mass is 9.79. The summed E-state index contributed by atoms with van der Waals surface area (Å²) in [6, 6.07) is 18.2. The number of fused-ring (bicyclic) bond motifs is 3. The summed E-state index contributed by atoms with van der Waals surface area (Å²) in [5, 5.41) is 11.5. The van der Waals surface area contributed by atoms with Gasteiger partial charge < -0.3 is 14.7 Å². The van der Waals surface area contributed by atoms with Crippen molar-refractivity contribution in [3.8, 4) is 0 Å². The van der Waals surface area contributed by atoms with Gasteiger partial charge in [-0.2, -0.15) is 0 Å². The Bertz CT molecular complexity index is 906. The molecule has 0 aromatic heterocycles. The van der Waals surface area contributed by atoms with Crippen LogP contribution >= 0.6 is 0 Å². The molecule has 1 N–H and O–H groups in total. The lowest BCUT2D eigenvalue weighted by molar-refractivity contribution is -0.0254. The van der Waals surface area contributed by atoms with E-state index < -0.39 is 5.60 Å². The van der Waals surface area contributed by atoms with Crippen LogP contribution < -0.4 is 0 Å². The van der Waals surface area contributed by atoms with Crippen molar-refractivity contribution in [1.29, 1.82) is 0 Å². The number of benzene rings is 2. The molecule has 2 heterocycles. The second-order valence-corrected chi connectivity index (χ2v) is 8.32. The van der Waals surface area contributed by atoms with Crippen molar-refractivity contribution in [3.63, 3.8) is 0 Å². The predicted molar refractivity (Wildman–Crippen MR) is 108 cm³/mol. The molecule has 0 saturated carbocycles. The van der Waals surface area contributed by atoms with Crippen LogP contribution in [-0.4, -0.2) is 33.8 Å². The topological polar surface area (TPSA) is 49.8 Å². The Morgan fingerprint density at radius 1 is 1.04 bits per heavy atom. The summed E-state index contributed by atoms with van der Waals surface area (Å²) >= 11 is 0. The van der Waals surface area contributed by atoms with E-state index in [1.807, 2.05) is 41.3 Å². The number of hydrogen-bond acceptors (Lipinski definition) is 3. The van der Waals surface area contributed by atoms with Crippen molar-refractivity contribution in [2.75, 3.05) is 0 Å². The van der Waals surface area contributed by atoms with E-state index in [0.29, 0.717) is 19.4 Å². The first-order chi connectivity index (χ1) is 13.6. The zero-order chi connectivity index (χ0) is 19.1. The second kappa shape index (κ2) is 6.78. The van der Waals surface area contributed by atoms with Gasteiger partial charge in [-0.25, -0.2) is 4.79 Å². The molecule has 1 aliphatic carbocycles. The maximum atomic E-state index is 12.8. The Morgan fingerprint density at radius 3 is 2.43 bits per heavy atom. The number of aliphatic hydroxyl groups is 1. The number of rotatable bonds is 3. The van der Waals surface area contributed by atoms with E-state index in [0.717, 1.165) is 30.4 Å². The van der Waals surface area contributed by atoms with Crippen molar-refractivity contribution >= 4 is 12.2 Å². The first-order valence-corrected chi connectivity index (χ1v) is 10.1. The fourth-order valence-corrected chi connectivity index (χ4v) is 5.16. The number of amides is 1. The molecule has 2 aliphatic heterocycles. The van der Waals surface area contributed by atoms with Gasteiger partial charge in [-0.3, -0.25) is 0 Å². The van der Waals surface area contributed by atoms with Gasteiger partial charge in [0.05, 0.1) is 5.60 Å². The summed E-state index contributed by atoms with van der Waals surface area (Å²) in [6.07, 6.45) is 5.79. The molecule has 4 heteroatoms. The van der Waals surface area contributed by atoms with E-state index in [9.17, 15) is 9.90 Å². The second-order valence-electron chi connectivity index (χ2n) is 8.32. The zero-order valence-electron chi connectivity index (χ0n) is 15.9. The van der Waals surface area contributed by atoms with Crippen LogP contribution in [0.2, 0.25) is 0 Å². The number of hydrogen-bond donors (Lipinski definition) is 1. The van der Waals surface area contributed by atoms with Crippen LogP contribution in [0.5, 0.6) is 0 Å². The van der Waals surface area contributed by atoms with Crippen LogP contribution in [0.4, 0.5) is 4.79 Å². The van der Waals surface area contributed by atoms with Crippen LogP contribution in [0.25, 0.3) is 6.08 Å². The van der Waals surface area contributed by atoms with Gasteiger partial charge in [0, 0.05) is 24.9 Å². The van der Waals surface area contributed by atoms with Crippen LogP contribution in [0.1, 0.15) is 42.4 Å². The largest absolute Gasteiger partial charge is 0.445 e. The number of ether oxygens (including phenoxy) is 1. The van der Waals surface area contributed by atoms with Gasteiger partial charge in [-0.15, -0.1) is 0 Å². The van der Waals surface area contributed by atoms with E-state index in [1.54, 1.807) is 0 Å². The van der Waals surface area contributed by atoms with Gasteiger partial charge in [0.2, 0.25) is 0 Å². The maximum Gasteiger partial charge on any atom is 0.410 e. The Kier molecular flexibility index (Phi) is 4.24. The van der Waals surface area contributed by atoms with Crippen molar-refractivity contribution in [3.05, 3.63) is 76.9 Å². The van der Waals surface area contributed by atoms with Crippen molar-refractivity contribution in [2.24, 2.45) is 0 Å². The summed E-state index contributed by atoms with van der Waals surface area (Å²) in [6.45, 7) is 0.292. The molecule has 4 nitrogen and oxygen atoms in total. The minimum Gasteiger partial charge on any atom is -0.445 e. The van der Waals surface area contributed by atoms with E-state index in [1.165, 1.54) is 11.1 Å². The van der Waals surface area contributed by atoms with Crippen molar-refractivity contribution < 1.29 is 14.6 Å². The molecule has 2 fully saturated rings. The monoisotopic (exact) mass is 375 g/mol. The predicted octanol–water partition coefficient (Wildman–Crippen LogP) is 4.32. The van der Waals surface area contributed by atoms with Gasteiger partial charge in [-0.1, -0.05) is 60.7 Å². The van der Waals surface area contributed by atoms with E-state index in [-0.39, 0.29) is 18.2 Å². The Morgan fingerprint density at radius 2 is 1.71 bits per heavy atom. The smallest absolute Gasteiger partial charge is 0.410 e. The lowest BCUT2D eigenvalue weighted by Gasteiger charge is -2.44. The fraction of sp³-hybridized carbons (Fsp3) is 0.375. The molecule has 3 aliphatic rings. The summed E-state index contributed by atoms with van der Waals surface area (Å²) in [4.78, 5) is 14.6. The number of piperidine rings is 1. The Labute approximate surface area is 165 Å². The molecule has 2 aromatic carbocycles. The minimum absolute atomic E-state index is 0.0524. The molecule has 1 amide bonds. The molecular formula is C24H25NO3. The van der Waals surface area contributed by atoms with Crippen LogP contribution in [-0.2, 0) is 17.8 Å². The SMILES string of the molecule is O=C(OCc1ccccc1)N1C2CCC1CC(O)(C1=Cc3ccccc3C1)C2. The molecule has 0 spiro atoms. The zero-order valence-corrected chi connectivity index (χ0v) is 15.9. The molecule has 2 saturated heterocycles. The third kappa shape index (κ3) is 3.02. The first-order valence-electron chi connectivity index (χ1n) is 10.1. The molecule has 2 unspecified atom stereocenters. The van der Waals surface area contributed by atoms with Crippen LogP contribution in [0.3, 0.4) is 0 Å². The van der Waals surface area contributed by atoms with Crippen LogP contribution in [0, 0.1) is 0 Å². The summed E-state index contributed by atoms with van der Waals surface area (Å²) in [5.74, 6) is 0. The average Bonchev–Trinajstić information content (AvgIpc) is 3.27. The van der Waals surface area contributed by atoms with Gasteiger partial charge in [-0.05, 0) is 41.5 Å². The number of carbonyl (C=O) groups is 1. The molecule has 2 aromatic rings. The van der Waals surface area contributed by atoms with E-state index in [2.05, 4.69) is 24.3 Å². The molecular weight excluding hydrogens is 350 g/mol. The van der Waals surface area contributed by atoms with Crippen molar-refractivity contribution in [1.82, 2.24) is 4.90 Å². The number of nitrogens with zero attached hydrogens (tertiary/aromatic N) is 1. The lowest BCUT2D eigenvalue weighted by Crippen LogP contribution is -2.54. The standard InChI is InChI=1S/C24H25NO3/c26-23(28-16-17-6-2-1-3-7-17)25-21-10-11-22(25)15-24(27,14-21)20-12-18-8-4-5-9-19(18)13-20/h1-9,12,21-22,27H,10-11,13-16H2. The maximum absolute atomic E-state index is 12.8. The first kappa shape index (κ1) is 17.5. The van der Waals surface area contributed by atoms with Crippen molar-refractivity contribution in [2.45, 2.75) is 56.4 Å². The van der Waals surface area contributed by atoms with E-state index in [4.69, 9.17) is 4.74 Å². The van der Waals surface area contributed by atoms with Gasteiger partial charge in [0.25, 0.3) is 0 Å². The van der Waals surface area contributed by atoms with Gasteiger partial charge in [0.1, 0.15) is 6.61 Å². The summed E-state index contributed by atoms with van der Waals surface area (Å²) < 4.78 is 5.58. The third-order valence-corrected chi connectivity index (χ3v) is 6.55. The molecule has 28 heavy (non-hydrogen) atoms. The fourth-order valence-electron chi connectivity index (χ4n) is 5.16. The van der Waals surface area contributed by atoms with Gasteiger partial charge in [0.15, 0.2) is 0 Å². The average molecular weight is 375 g/mol. The molecule has 2 atom stereocenters. The highest BCUT2D eigenvalue weighted by Gasteiger charge is 2.51. The van der Waals surface area contributed by atoms with E-state index >= 15 is 0 Å². The normalized spacial score (nSPS) is 28.0. The highest BCUT2D eigenvalue weighted by atomic mass is 16.6. The third-order valence-electron chi connectivity index (χ3n) is 6.55. The molecule has 2 bridgehead atoms. The number of carbonyl (C=O) groups excluding carboxylic acids is 1. The minimum atomic E-state index is -0.818. The molecule has 144 valence electrons. The highest BCUT2D eigenvalue weighted by Crippen LogP contribution is 2.46. The quantitative estimate of drug-likeness (QED) is 0.869. The molecule has 5 rings (SSSR count). The summed E-state index contributed by atoms with van der Waals surface area (Å²) in [7, 11) is 0. The van der Waals surface area contributed by atoms with Crippen LogP contribution in [0.15, 0.2) is 60.2 Å². The Hall–Kier alpha value is -2.59. The Balaban J connectivity index is 1.28. The molecule has 0 radical (unpaired) electrons. The highest BCUT2D eigenvalue weighted by molar-refractivity contribution is 5.70. The summed E-state index contributed by atoms with van der Waals surface area (Å²) in [5.41, 5.74) is 3.76. The van der Waals surface area contributed by atoms with Gasteiger partial charge >= 0.3 is 6.09 Å².